The van der Waals surface area contributed by atoms with Crippen molar-refractivity contribution in [1.82, 2.24) is 4.90 Å². The molecule has 8 heteroatoms. The summed E-state index contributed by atoms with van der Waals surface area (Å²) in [5.41, 5.74) is 0.200. The molecule has 1 aliphatic rings. The first kappa shape index (κ1) is 17.7. The van der Waals surface area contributed by atoms with Crippen molar-refractivity contribution in [3.8, 4) is 0 Å². The number of piperidine rings is 1. The number of nitrogens with one attached hydrogen (secondary N) is 1. The number of hydrogen-bond donors (Lipinski definition) is 2. The standard InChI is InChI=1S/C15H22FN3O3S/c1-10(2)11-5-7-19(8-6-11)15(20)18-12-3-4-13(16)14(9-12)23(17,21)22/h3-4,9-11H,5-8H2,1-2H3,(H,18,20)(H2,17,21,22). The van der Waals surface area contributed by atoms with Gasteiger partial charge in [-0.25, -0.2) is 22.7 Å². The van der Waals surface area contributed by atoms with Crippen molar-refractivity contribution >= 4 is 21.7 Å². The minimum Gasteiger partial charge on any atom is -0.325 e. The van der Waals surface area contributed by atoms with Gasteiger partial charge in [0.15, 0.2) is 0 Å². The third kappa shape index (κ3) is 4.42. The summed E-state index contributed by atoms with van der Waals surface area (Å²) < 4.78 is 36.1. The lowest BCUT2D eigenvalue weighted by molar-refractivity contribution is 0.167. The number of carbonyl (C=O) groups excluding carboxylic acids is 1. The highest BCUT2D eigenvalue weighted by molar-refractivity contribution is 7.89. The Labute approximate surface area is 135 Å². The monoisotopic (exact) mass is 343 g/mol. The highest BCUT2D eigenvalue weighted by Gasteiger charge is 2.25. The summed E-state index contributed by atoms with van der Waals surface area (Å²) in [6.07, 6.45) is 1.88. The maximum Gasteiger partial charge on any atom is 0.321 e. The van der Waals surface area contributed by atoms with Gasteiger partial charge in [-0.2, -0.15) is 0 Å². The molecule has 0 atom stereocenters. The first-order valence-electron chi connectivity index (χ1n) is 7.56. The second-order valence-corrected chi connectivity index (χ2v) is 7.72. The molecule has 0 bridgehead atoms. The molecule has 23 heavy (non-hydrogen) atoms. The number of anilines is 1. The van der Waals surface area contributed by atoms with Crippen LogP contribution in [0.15, 0.2) is 23.1 Å². The molecule has 0 unspecified atom stereocenters. The zero-order valence-electron chi connectivity index (χ0n) is 13.3. The molecule has 6 nitrogen and oxygen atoms in total. The van der Waals surface area contributed by atoms with Gasteiger partial charge in [0.25, 0.3) is 0 Å². The van der Waals surface area contributed by atoms with Gasteiger partial charge >= 0.3 is 6.03 Å². The maximum atomic E-state index is 13.5. The van der Waals surface area contributed by atoms with Crippen molar-refractivity contribution < 1.29 is 17.6 Å². The number of hydrogen-bond acceptors (Lipinski definition) is 3. The number of likely N-dealkylation sites (tertiary alicyclic amines) is 1. The van der Waals surface area contributed by atoms with E-state index in [4.69, 9.17) is 5.14 Å². The molecule has 1 heterocycles. The van der Waals surface area contributed by atoms with E-state index in [0.29, 0.717) is 24.9 Å². The van der Waals surface area contributed by atoms with Crippen molar-refractivity contribution in [1.29, 1.82) is 0 Å². The lowest BCUT2D eigenvalue weighted by atomic mass is 9.87. The average molecular weight is 343 g/mol. The van der Waals surface area contributed by atoms with Crippen LogP contribution in [0.4, 0.5) is 14.9 Å². The van der Waals surface area contributed by atoms with Crippen LogP contribution in [0.5, 0.6) is 0 Å². The highest BCUT2D eigenvalue weighted by Crippen LogP contribution is 2.25. The number of amides is 2. The molecule has 0 aromatic heterocycles. The van der Waals surface area contributed by atoms with Crippen molar-refractivity contribution in [3.05, 3.63) is 24.0 Å². The number of nitrogens with zero attached hydrogens (tertiary/aromatic N) is 1. The number of urea groups is 1. The van der Waals surface area contributed by atoms with E-state index in [-0.39, 0.29) is 11.7 Å². The van der Waals surface area contributed by atoms with Crippen LogP contribution in [-0.4, -0.2) is 32.4 Å². The van der Waals surface area contributed by atoms with Crippen molar-refractivity contribution in [2.24, 2.45) is 17.0 Å². The number of primary sulfonamides is 1. The van der Waals surface area contributed by atoms with Gasteiger partial charge in [0.2, 0.25) is 10.0 Å². The minimum absolute atomic E-state index is 0.200. The Morgan fingerprint density at radius 1 is 1.35 bits per heavy atom. The summed E-state index contributed by atoms with van der Waals surface area (Å²) >= 11 is 0. The number of rotatable bonds is 3. The van der Waals surface area contributed by atoms with Crippen molar-refractivity contribution in [3.63, 3.8) is 0 Å². The van der Waals surface area contributed by atoms with Crippen LogP contribution in [0, 0.1) is 17.7 Å². The first-order chi connectivity index (χ1) is 10.7. The van der Waals surface area contributed by atoms with Gasteiger partial charge < -0.3 is 10.2 Å². The molecule has 0 spiro atoms. The third-order valence-corrected chi connectivity index (χ3v) is 5.18. The van der Waals surface area contributed by atoms with E-state index in [1.54, 1.807) is 4.90 Å². The Kier molecular flexibility index (Phi) is 5.26. The van der Waals surface area contributed by atoms with E-state index < -0.39 is 20.7 Å². The molecule has 0 saturated carbocycles. The van der Waals surface area contributed by atoms with Crippen LogP contribution in [0.3, 0.4) is 0 Å². The van der Waals surface area contributed by atoms with Gasteiger partial charge in [0.05, 0.1) is 0 Å². The normalized spacial score (nSPS) is 16.7. The molecule has 1 aromatic carbocycles. The van der Waals surface area contributed by atoms with Crippen molar-refractivity contribution in [2.75, 3.05) is 18.4 Å². The molecule has 1 aromatic rings. The fourth-order valence-corrected chi connectivity index (χ4v) is 3.40. The number of halogens is 1. The Hall–Kier alpha value is -1.67. The highest BCUT2D eigenvalue weighted by atomic mass is 32.2. The molecule has 0 radical (unpaired) electrons. The lowest BCUT2D eigenvalue weighted by Crippen LogP contribution is -2.41. The van der Waals surface area contributed by atoms with E-state index in [0.717, 1.165) is 25.0 Å². The second-order valence-electron chi connectivity index (χ2n) is 6.19. The van der Waals surface area contributed by atoms with E-state index in [1.807, 2.05) is 0 Å². The molecule has 1 aliphatic heterocycles. The zero-order chi connectivity index (χ0) is 17.2. The summed E-state index contributed by atoms with van der Waals surface area (Å²) in [7, 11) is -4.17. The smallest absolute Gasteiger partial charge is 0.321 e. The van der Waals surface area contributed by atoms with E-state index in [9.17, 15) is 17.6 Å². The van der Waals surface area contributed by atoms with Crippen LogP contribution in [-0.2, 0) is 10.0 Å². The molecule has 1 saturated heterocycles. The van der Waals surface area contributed by atoms with Gasteiger partial charge in [0.1, 0.15) is 10.7 Å². The fourth-order valence-electron chi connectivity index (χ4n) is 2.77. The molecule has 2 rings (SSSR count). The predicted molar refractivity (Wildman–Crippen MR) is 85.9 cm³/mol. The molecular weight excluding hydrogens is 321 g/mol. The predicted octanol–water partition coefficient (Wildman–Crippen LogP) is 2.37. The zero-order valence-corrected chi connectivity index (χ0v) is 14.1. The van der Waals surface area contributed by atoms with Crippen LogP contribution in [0.25, 0.3) is 0 Å². The first-order valence-corrected chi connectivity index (χ1v) is 9.11. The Morgan fingerprint density at radius 3 is 2.48 bits per heavy atom. The molecule has 3 N–H and O–H groups in total. The summed E-state index contributed by atoms with van der Waals surface area (Å²) in [6, 6.07) is 2.99. The van der Waals surface area contributed by atoms with E-state index in [2.05, 4.69) is 19.2 Å². The largest absolute Gasteiger partial charge is 0.325 e. The SMILES string of the molecule is CC(C)C1CCN(C(=O)Nc2ccc(F)c(S(N)(=O)=O)c2)CC1. The summed E-state index contributed by atoms with van der Waals surface area (Å²) in [5.74, 6) is 0.261. The fraction of sp³-hybridized carbons (Fsp3) is 0.533. The quantitative estimate of drug-likeness (QED) is 0.882. The number of nitrogens with two attached hydrogens (primary N) is 1. The van der Waals surface area contributed by atoms with Crippen LogP contribution in [0.2, 0.25) is 0 Å². The van der Waals surface area contributed by atoms with Crippen molar-refractivity contribution in [2.45, 2.75) is 31.6 Å². The van der Waals surface area contributed by atoms with Gasteiger partial charge in [-0.3, -0.25) is 0 Å². The molecule has 1 fully saturated rings. The maximum absolute atomic E-state index is 13.5. The van der Waals surface area contributed by atoms with Gasteiger partial charge in [-0.1, -0.05) is 13.8 Å². The number of sulfonamides is 1. The van der Waals surface area contributed by atoms with Crippen LogP contribution >= 0.6 is 0 Å². The van der Waals surface area contributed by atoms with E-state index in [1.165, 1.54) is 6.07 Å². The van der Waals surface area contributed by atoms with Crippen LogP contribution in [0.1, 0.15) is 26.7 Å². The summed E-state index contributed by atoms with van der Waals surface area (Å²) in [4.78, 5) is 13.3. The Balaban J connectivity index is 2.04. The van der Waals surface area contributed by atoms with Gasteiger partial charge in [0, 0.05) is 18.8 Å². The van der Waals surface area contributed by atoms with Gasteiger partial charge in [-0.05, 0) is 42.9 Å². The van der Waals surface area contributed by atoms with Gasteiger partial charge in [-0.15, -0.1) is 0 Å². The lowest BCUT2D eigenvalue weighted by Gasteiger charge is -2.33. The molecule has 128 valence electrons. The topological polar surface area (TPSA) is 92.5 Å². The Bertz CT molecular complexity index is 683. The van der Waals surface area contributed by atoms with Crippen LogP contribution < -0.4 is 10.5 Å². The number of benzene rings is 1. The third-order valence-electron chi connectivity index (χ3n) is 4.26. The molecule has 2 amide bonds. The number of carbonyl (C=O) groups is 1. The summed E-state index contributed by atoms with van der Waals surface area (Å²) in [6.45, 7) is 5.65. The molecular formula is C15H22FN3O3S. The Morgan fingerprint density at radius 2 is 1.96 bits per heavy atom. The summed E-state index contributed by atoms with van der Waals surface area (Å²) in [5, 5.41) is 7.55. The molecule has 0 aliphatic carbocycles. The second kappa shape index (κ2) is 6.84. The average Bonchev–Trinajstić information content (AvgIpc) is 2.48. The van der Waals surface area contributed by atoms with E-state index >= 15 is 0 Å². The minimum atomic E-state index is -4.17.